The minimum Gasteiger partial charge on any atom is -0.481 e. The molecule has 0 bridgehead atoms. The highest BCUT2D eigenvalue weighted by Gasteiger charge is 2.37. The minimum absolute atomic E-state index is 0.000747. The van der Waals surface area contributed by atoms with E-state index < -0.39 is 5.97 Å². The van der Waals surface area contributed by atoms with E-state index in [2.05, 4.69) is 10.2 Å². The van der Waals surface area contributed by atoms with Crippen molar-refractivity contribution in [1.29, 1.82) is 0 Å². The number of carbonyl (C=O) groups excluding carboxylic acids is 1. The van der Waals surface area contributed by atoms with Gasteiger partial charge in [-0.25, -0.2) is 0 Å². The number of likely N-dealkylation sites (tertiary alicyclic amines) is 1. The zero-order valence-electron chi connectivity index (χ0n) is 14.6. The van der Waals surface area contributed by atoms with Gasteiger partial charge in [0.05, 0.1) is 18.4 Å². The molecule has 2 N–H and O–H groups in total. The number of ether oxygens (including phenoxy) is 1. The van der Waals surface area contributed by atoms with E-state index >= 15 is 0 Å². The van der Waals surface area contributed by atoms with Crippen LogP contribution in [0.4, 0.5) is 0 Å². The van der Waals surface area contributed by atoms with Gasteiger partial charge in [-0.1, -0.05) is 0 Å². The average molecular weight is 350 g/mol. The summed E-state index contributed by atoms with van der Waals surface area (Å²) in [6.07, 6.45) is 1.61. The van der Waals surface area contributed by atoms with Gasteiger partial charge in [-0.05, 0) is 31.9 Å². The van der Waals surface area contributed by atoms with Crippen molar-refractivity contribution in [3.8, 4) is 0 Å². The lowest BCUT2D eigenvalue weighted by Crippen LogP contribution is -2.44. The molecule has 1 aromatic rings. The molecule has 0 aromatic carbocycles. The van der Waals surface area contributed by atoms with Crippen molar-refractivity contribution in [3.63, 3.8) is 0 Å². The molecule has 0 radical (unpaired) electrons. The number of amides is 1. The smallest absolute Gasteiger partial charge is 0.304 e. The van der Waals surface area contributed by atoms with E-state index in [4.69, 9.17) is 14.3 Å². The lowest BCUT2D eigenvalue weighted by molar-refractivity contribution is -0.137. The summed E-state index contributed by atoms with van der Waals surface area (Å²) in [5.41, 5.74) is 0. The number of aryl methyl sites for hydroxylation is 1. The molecule has 3 rings (SSSR count). The maximum atomic E-state index is 12.6. The number of nitrogens with zero attached hydrogens (tertiary/aromatic N) is 1. The van der Waals surface area contributed by atoms with Gasteiger partial charge >= 0.3 is 5.97 Å². The molecule has 2 saturated heterocycles. The Morgan fingerprint density at radius 2 is 2.04 bits per heavy atom. The molecule has 138 valence electrons. The van der Waals surface area contributed by atoms with Gasteiger partial charge in [-0.2, -0.15) is 0 Å². The molecule has 0 aliphatic carbocycles. The van der Waals surface area contributed by atoms with Crippen LogP contribution in [-0.2, 0) is 14.3 Å². The van der Waals surface area contributed by atoms with Gasteiger partial charge in [-0.15, -0.1) is 0 Å². The van der Waals surface area contributed by atoms with Gasteiger partial charge in [-0.3, -0.25) is 14.5 Å². The molecule has 0 unspecified atom stereocenters. The summed E-state index contributed by atoms with van der Waals surface area (Å²) in [7, 11) is 0. The highest BCUT2D eigenvalue weighted by molar-refractivity contribution is 5.79. The topological polar surface area (TPSA) is 92.0 Å². The molecule has 0 saturated carbocycles. The van der Waals surface area contributed by atoms with Crippen molar-refractivity contribution in [2.75, 3.05) is 32.8 Å². The molecule has 7 nitrogen and oxygen atoms in total. The van der Waals surface area contributed by atoms with Gasteiger partial charge in [0.2, 0.25) is 5.91 Å². The summed E-state index contributed by atoms with van der Waals surface area (Å²) >= 11 is 0. The van der Waals surface area contributed by atoms with Crippen molar-refractivity contribution >= 4 is 11.9 Å². The van der Waals surface area contributed by atoms with E-state index in [1.54, 1.807) is 0 Å². The fourth-order valence-corrected chi connectivity index (χ4v) is 3.67. The van der Waals surface area contributed by atoms with Gasteiger partial charge in [0.25, 0.3) is 0 Å². The van der Waals surface area contributed by atoms with Crippen LogP contribution in [0, 0.1) is 12.8 Å². The first kappa shape index (κ1) is 17.9. The largest absolute Gasteiger partial charge is 0.481 e. The average Bonchev–Trinajstić information content (AvgIpc) is 3.20. The molecule has 2 aliphatic rings. The molecule has 2 aliphatic heterocycles. The van der Waals surface area contributed by atoms with Crippen molar-refractivity contribution < 1.29 is 23.8 Å². The maximum absolute atomic E-state index is 12.6. The Morgan fingerprint density at radius 3 is 2.68 bits per heavy atom. The van der Waals surface area contributed by atoms with Crippen LogP contribution in [0.2, 0.25) is 0 Å². The summed E-state index contributed by atoms with van der Waals surface area (Å²) in [5, 5.41) is 12.1. The number of aliphatic carboxylic acids is 1. The van der Waals surface area contributed by atoms with E-state index in [0.29, 0.717) is 32.8 Å². The third-order valence-corrected chi connectivity index (χ3v) is 5.08. The number of hydrogen-bond donors (Lipinski definition) is 2. The van der Waals surface area contributed by atoms with Gasteiger partial charge in [0.15, 0.2) is 0 Å². The number of hydrogen-bond acceptors (Lipinski definition) is 5. The molecule has 2 fully saturated rings. The highest BCUT2D eigenvalue weighted by Crippen LogP contribution is 2.30. The number of carbonyl (C=O) groups is 2. The van der Waals surface area contributed by atoms with Crippen molar-refractivity contribution in [1.82, 2.24) is 10.2 Å². The van der Waals surface area contributed by atoms with Crippen molar-refractivity contribution in [2.45, 2.75) is 38.1 Å². The molecule has 7 heteroatoms. The Morgan fingerprint density at radius 1 is 1.28 bits per heavy atom. The fraction of sp³-hybridized carbons (Fsp3) is 0.667. The van der Waals surface area contributed by atoms with Gasteiger partial charge in [0.1, 0.15) is 11.5 Å². The monoisotopic (exact) mass is 350 g/mol. The van der Waals surface area contributed by atoms with Crippen LogP contribution in [0.25, 0.3) is 0 Å². The maximum Gasteiger partial charge on any atom is 0.304 e. The van der Waals surface area contributed by atoms with E-state index in [-0.39, 0.29) is 30.2 Å². The van der Waals surface area contributed by atoms with E-state index in [1.807, 2.05) is 19.1 Å². The highest BCUT2D eigenvalue weighted by atomic mass is 16.5. The summed E-state index contributed by atoms with van der Waals surface area (Å²) < 4.78 is 11.1. The lowest BCUT2D eigenvalue weighted by Gasteiger charge is -2.25. The second-order valence-electron chi connectivity index (χ2n) is 6.96. The van der Waals surface area contributed by atoms with Crippen LogP contribution in [0.1, 0.15) is 36.7 Å². The molecule has 2 atom stereocenters. The van der Waals surface area contributed by atoms with Crippen molar-refractivity contribution in [3.05, 3.63) is 23.7 Å². The van der Waals surface area contributed by atoms with E-state index in [0.717, 1.165) is 24.4 Å². The quantitative estimate of drug-likeness (QED) is 0.805. The number of furan rings is 1. The summed E-state index contributed by atoms with van der Waals surface area (Å²) in [4.78, 5) is 25.5. The predicted octanol–water partition coefficient (Wildman–Crippen LogP) is 1.37. The van der Waals surface area contributed by atoms with Crippen LogP contribution in [0.5, 0.6) is 0 Å². The Labute approximate surface area is 147 Å². The fourth-order valence-electron chi connectivity index (χ4n) is 3.67. The van der Waals surface area contributed by atoms with Crippen LogP contribution >= 0.6 is 0 Å². The zero-order valence-corrected chi connectivity index (χ0v) is 14.6. The zero-order chi connectivity index (χ0) is 17.8. The van der Waals surface area contributed by atoms with Crippen LogP contribution in [0.3, 0.4) is 0 Å². The Kier molecular flexibility index (Phi) is 5.75. The second kappa shape index (κ2) is 8.01. The molecule has 0 spiro atoms. The van der Waals surface area contributed by atoms with Crippen molar-refractivity contribution in [2.24, 2.45) is 5.92 Å². The number of nitrogens with one attached hydrogen (secondary N) is 1. The first-order valence-corrected chi connectivity index (χ1v) is 8.91. The minimum atomic E-state index is -0.805. The Balaban J connectivity index is 1.66. The van der Waals surface area contributed by atoms with E-state index in [9.17, 15) is 9.59 Å². The molecule has 3 heterocycles. The first-order valence-electron chi connectivity index (χ1n) is 8.91. The predicted molar refractivity (Wildman–Crippen MR) is 90.4 cm³/mol. The summed E-state index contributed by atoms with van der Waals surface area (Å²) in [5.74, 6) is 1.01. The number of carboxylic acid groups (broad SMARTS) is 1. The third-order valence-electron chi connectivity index (χ3n) is 5.08. The number of rotatable bonds is 6. The molecular weight excluding hydrogens is 324 g/mol. The first-order chi connectivity index (χ1) is 12.0. The van der Waals surface area contributed by atoms with Crippen LogP contribution < -0.4 is 5.32 Å². The van der Waals surface area contributed by atoms with Gasteiger partial charge in [0, 0.05) is 38.8 Å². The van der Waals surface area contributed by atoms with Crippen LogP contribution in [0.15, 0.2) is 16.5 Å². The van der Waals surface area contributed by atoms with Crippen LogP contribution in [-0.4, -0.2) is 60.8 Å². The Bertz CT molecular complexity index is 608. The molecule has 25 heavy (non-hydrogen) atoms. The second-order valence-corrected chi connectivity index (χ2v) is 6.96. The van der Waals surface area contributed by atoms with Gasteiger partial charge < -0.3 is 19.6 Å². The molecular formula is C18H26N2O5. The molecule has 1 aromatic heterocycles. The summed E-state index contributed by atoms with van der Waals surface area (Å²) in [6.45, 7) is 4.99. The molecule has 1 amide bonds. The SMILES string of the molecule is Cc1ccc([C@H]2CN(CCC(=O)O)C[C@@H]2NC(=O)C2CCOCC2)o1. The normalized spacial score (nSPS) is 25.2. The summed E-state index contributed by atoms with van der Waals surface area (Å²) in [6, 6.07) is 3.82. The lowest BCUT2D eigenvalue weighted by atomic mass is 9.96. The standard InChI is InChI=1S/C18H26N2O5/c1-12-2-3-16(25-12)14-10-20(7-4-17(21)22)11-15(14)19-18(23)13-5-8-24-9-6-13/h2-3,13-15H,4-11H2,1H3,(H,19,23)(H,21,22)/t14-,15-/m0/s1. The Hall–Kier alpha value is -1.86. The van der Waals surface area contributed by atoms with E-state index in [1.165, 1.54) is 0 Å². The number of carboxylic acids is 1. The third kappa shape index (κ3) is 4.61.